The van der Waals surface area contributed by atoms with Crippen LogP contribution in [0.15, 0.2) is 47.4 Å². The number of nitro benzene ring substituents is 1. The van der Waals surface area contributed by atoms with E-state index >= 15 is 0 Å². The number of non-ortho nitro benzene ring substituents is 1. The van der Waals surface area contributed by atoms with Crippen molar-refractivity contribution in [3.05, 3.63) is 58.1 Å². The first-order valence-corrected chi connectivity index (χ1v) is 8.93. The van der Waals surface area contributed by atoms with Gasteiger partial charge in [-0.05, 0) is 42.3 Å². The lowest BCUT2D eigenvalue weighted by Crippen LogP contribution is -2.31. The van der Waals surface area contributed by atoms with Crippen molar-refractivity contribution in [2.75, 3.05) is 16.7 Å². The summed E-state index contributed by atoms with van der Waals surface area (Å²) < 4.78 is 27.3. The van der Waals surface area contributed by atoms with Gasteiger partial charge in [0.1, 0.15) is 0 Å². The summed E-state index contributed by atoms with van der Waals surface area (Å²) in [5.41, 5.74) is 1.83. The van der Waals surface area contributed by atoms with E-state index in [1.54, 1.807) is 30.1 Å². The van der Waals surface area contributed by atoms with Crippen molar-refractivity contribution in [2.24, 2.45) is 0 Å². The fraction of sp³-hybridized carbons (Fsp3) is 0.188. The zero-order valence-electron chi connectivity index (χ0n) is 13.3. The number of rotatable bonds is 4. The van der Waals surface area contributed by atoms with E-state index < -0.39 is 14.9 Å². The van der Waals surface area contributed by atoms with E-state index in [9.17, 15) is 23.3 Å². The van der Waals surface area contributed by atoms with E-state index in [1.807, 2.05) is 0 Å². The van der Waals surface area contributed by atoms with Gasteiger partial charge >= 0.3 is 0 Å². The number of sulfonamides is 1. The van der Waals surface area contributed by atoms with Gasteiger partial charge < -0.3 is 4.90 Å². The first-order chi connectivity index (χ1) is 11.8. The molecule has 8 nitrogen and oxygen atoms in total. The van der Waals surface area contributed by atoms with Crippen molar-refractivity contribution in [1.29, 1.82) is 0 Å². The van der Waals surface area contributed by atoms with E-state index in [4.69, 9.17) is 0 Å². The maximum Gasteiger partial charge on any atom is 0.269 e. The summed E-state index contributed by atoms with van der Waals surface area (Å²) in [7, 11) is -2.18. The maximum absolute atomic E-state index is 12.4. The average molecular weight is 361 g/mol. The van der Waals surface area contributed by atoms with Crippen molar-refractivity contribution >= 4 is 33.0 Å². The van der Waals surface area contributed by atoms with Gasteiger partial charge in [-0.1, -0.05) is 0 Å². The second-order valence-corrected chi connectivity index (χ2v) is 7.34. The van der Waals surface area contributed by atoms with Crippen molar-refractivity contribution in [3.63, 3.8) is 0 Å². The summed E-state index contributed by atoms with van der Waals surface area (Å²) in [5.74, 6) is 0.0201. The topological polar surface area (TPSA) is 110 Å². The Kier molecular flexibility index (Phi) is 4.17. The molecule has 0 unspecified atom stereocenters. The van der Waals surface area contributed by atoms with Crippen LogP contribution in [-0.2, 0) is 21.2 Å². The molecule has 2 aromatic rings. The molecule has 130 valence electrons. The molecule has 1 aliphatic rings. The number of nitro groups is 1. The van der Waals surface area contributed by atoms with Crippen LogP contribution in [0.4, 0.5) is 17.1 Å². The molecule has 2 aromatic carbocycles. The Bertz CT molecular complexity index is 954. The van der Waals surface area contributed by atoms with Gasteiger partial charge in [-0.15, -0.1) is 0 Å². The monoisotopic (exact) mass is 361 g/mol. The first-order valence-electron chi connectivity index (χ1n) is 7.45. The summed E-state index contributed by atoms with van der Waals surface area (Å²) >= 11 is 0. The predicted molar refractivity (Wildman–Crippen MR) is 92.1 cm³/mol. The van der Waals surface area contributed by atoms with Crippen LogP contribution < -0.4 is 9.62 Å². The quantitative estimate of drug-likeness (QED) is 0.664. The minimum absolute atomic E-state index is 0.0201. The summed E-state index contributed by atoms with van der Waals surface area (Å²) in [5, 5.41) is 10.7. The van der Waals surface area contributed by atoms with Gasteiger partial charge in [0.05, 0.1) is 9.82 Å². The number of benzene rings is 2. The molecule has 0 atom stereocenters. The normalized spacial score (nSPS) is 14.1. The molecule has 0 fully saturated rings. The van der Waals surface area contributed by atoms with Crippen molar-refractivity contribution in [2.45, 2.75) is 17.7 Å². The molecular weight excluding hydrogens is 346 g/mol. The molecule has 0 radical (unpaired) electrons. The number of nitrogens with zero attached hydrogens (tertiary/aromatic N) is 2. The van der Waals surface area contributed by atoms with Gasteiger partial charge in [0, 0.05) is 37.0 Å². The molecule has 1 N–H and O–H groups in total. The molecule has 0 aliphatic carbocycles. The summed E-state index contributed by atoms with van der Waals surface area (Å²) in [6, 6.07) is 9.62. The van der Waals surface area contributed by atoms with Gasteiger partial charge in [0.15, 0.2) is 0 Å². The maximum atomic E-state index is 12.4. The van der Waals surface area contributed by atoms with Crippen LogP contribution in [0.3, 0.4) is 0 Å². The van der Waals surface area contributed by atoms with E-state index in [0.717, 1.165) is 23.4 Å². The van der Waals surface area contributed by atoms with Gasteiger partial charge in [-0.2, -0.15) is 0 Å². The number of nitrogens with one attached hydrogen (secondary N) is 1. The van der Waals surface area contributed by atoms with Crippen molar-refractivity contribution < 1.29 is 18.1 Å². The molecule has 1 amide bonds. The molecule has 0 bridgehead atoms. The first kappa shape index (κ1) is 16.9. The lowest BCUT2D eigenvalue weighted by Gasteiger charge is -2.26. The standard InChI is InChI=1S/C16H15N3O5S/c1-18-15-8-3-12(10-11(15)2-9-16(18)20)17-25(23,24)14-6-4-13(5-7-14)19(21)22/h3-8,10,17H,2,9H2,1H3. The Labute approximate surface area is 144 Å². The lowest BCUT2D eigenvalue weighted by molar-refractivity contribution is -0.384. The van der Waals surface area contributed by atoms with E-state index in [2.05, 4.69) is 4.72 Å². The molecule has 1 aliphatic heterocycles. The van der Waals surface area contributed by atoms with Crippen LogP contribution in [0.2, 0.25) is 0 Å². The van der Waals surface area contributed by atoms with Crippen LogP contribution in [-0.4, -0.2) is 26.3 Å². The summed E-state index contributed by atoms with van der Waals surface area (Å²) in [6.45, 7) is 0. The summed E-state index contributed by atoms with van der Waals surface area (Å²) in [4.78, 5) is 23.2. The molecule has 1 heterocycles. The van der Waals surface area contributed by atoms with Crippen LogP contribution in [0.5, 0.6) is 0 Å². The highest BCUT2D eigenvalue weighted by atomic mass is 32.2. The van der Waals surface area contributed by atoms with Crippen LogP contribution in [0.25, 0.3) is 0 Å². The third kappa shape index (κ3) is 3.31. The Morgan fingerprint density at radius 1 is 1.12 bits per heavy atom. The molecule has 0 spiro atoms. The molecule has 9 heteroatoms. The number of aryl methyl sites for hydroxylation is 1. The number of hydrogen-bond donors (Lipinski definition) is 1. The Morgan fingerprint density at radius 2 is 1.80 bits per heavy atom. The lowest BCUT2D eigenvalue weighted by atomic mass is 10.0. The zero-order valence-corrected chi connectivity index (χ0v) is 14.1. The van der Waals surface area contributed by atoms with Crippen molar-refractivity contribution in [1.82, 2.24) is 0 Å². The highest BCUT2D eigenvalue weighted by Crippen LogP contribution is 2.30. The van der Waals surface area contributed by atoms with Gasteiger partial charge in [-0.3, -0.25) is 19.6 Å². The van der Waals surface area contributed by atoms with Crippen LogP contribution in [0.1, 0.15) is 12.0 Å². The summed E-state index contributed by atoms with van der Waals surface area (Å²) in [6.07, 6.45) is 0.924. The Balaban J connectivity index is 1.86. The van der Waals surface area contributed by atoms with E-state index in [0.29, 0.717) is 18.5 Å². The molecule has 0 aromatic heterocycles. The predicted octanol–water partition coefficient (Wildman–Crippen LogP) is 2.30. The number of carbonyl (C=O) groups is 1. The van der Waals surface area contributed by atoms with Crippen LogP contribution >= 0.6 is 0 Å². The third-order valence-electron chi connectivity index (χ3n) is 4.03. The minimum Gasteiger partial charge on any atom is -0.315 e. The van der Waals surface area contributed by atoms with Crippen LogP contribution in [0, 0.1) is 10.1 Å². The van der Waals surface area contributed by atoms with E-state index in [1.165, 1.54) is 12.1 Å². The second-order valence-electron chi connectivity index (χ2n) is 5.65. The molecular formula is C16H15N3O5S. The Hall–Kier alpha value is -2.94. The minimum atomic E-state index is -3.86. The molecule has 0 saturated carbocycles. The largest absolute Gasteiger partial charge is 0.315 e. The number of carbonyl (C=O) groups excluding carboxylic acids is 1. The highest BCUT2D eigenvalue weighted by molar-refractivity contribution is 7.92. The Morgan fingerprint density at radius 3 is 2.44 bits per heavy atom. The zero-order chi connectivity index (χ0) is 18.2. The fourth-order valence-electron chi connectivity index (χ4n) is 2.68. The number of amides is 1. The fourth-order valence-corrected chi connectivity index (χ4v) is 3.73. The SMILES string of the molecule is CN1C(=O)CCc2cc(NS(=O)(=O)c3ccc([N+](=O)[O-])cc3)ccc21. The smallest absolute Gasteiger partial charge is 0.269 e. The second kappa shape index (κ2) is 6.17. The van der Waals surface area contributed by atoms with Crippen molar-refractivity contribution in [3.8, 4) is 0 Å². The van der Waals surface area contributed by atoms with Gasteiger partial charge in [0.2, 0.25) is 5.91 Å². The van der Waals surface area contributed by atoms with Gasteiger partial charge in [-0.25, -0.2) is 8.42 Å². The van der Waals surface area contributed by atoms with Gasteiger partial charge in [0.25, 0.3) is 15.7 Å². The molecule has 25 heavy (non-hydrogen) atoms. The average Bonchev–Trinajstić information content (AvgIpc) is 2.58. The highest BCUT2D eigenvalue weighted by Gasteiger charge is 2.22. The number of anilines is 2. The third-order valence-corrected chi connectivity index (χ3v) is 5.43. The molecule has 3 rings (SSSR count). The number of fused-ring (bicyclic) bond motifs is 1. The number of hydrogen-bond acceptors (Lipinski definition) is 5. The molecule has 0 saturated heterocycles. The van der Waals surface area contributed by atoms with E-state index in [-0.39, 0.29) is 16.5 Å².